The van der Waals surface area contributed by atoms with Gasteiger partial charge in [-0.1, -0.05) is 37.2 Å². The predicted octanol–water partition coefficient (Wildman–Crippen LogP) is 3.33. The number of piperidine rings is 1. The van der Waals surface area contributed by atoms with E-state index < -0.39 is 0 Å². The first kappa shape index (κ1) is 13.0. The molecule has 5 heteroatoms. The van der Waals surface area contributed by atoms with Crippen molar-refractivity contribution in [1.29, 1.82) is 0 Å². The van der Waals surface area contributed by atoms with Crippen molar-refractivity contribution >= 4 is 29.2 Å². The number of rotatable bonds is 2. The van der Waals surface area contributed by atoms with Gasteiger partial charge in [-0.15, -0.1) is 0 Å². The van der Waals surface area contributed by atoms with Crippen LogP contribution in [-0.4, -0.2) is 29.3 Å². The van der Waals surface area contributed by atoms with Crippen LogP contribution in [0.4, 0.5) is 5.82 Å². The third-order valence-electron chi connectivity index (χ3n) is 3.04. The minimum absolute atomic E-state index is 0.533. The van der Waals surface area contributed by atoms with Gasteiger partial charge in [0.05, 0.1) is 0 Å². The molecular formula is C12H18ClN3S. The summed E-state index contributed by atoms with van der Waals surface area (Å²) in [6, 6.07) is 1.87. The lowest BCUT2D eigenvalue weighted by Crippen LogP contribution is -2.39. The third-order valence-corrected chi connectivity index (χ3v) is 3.78. The highest BCUT2D eigenvalue weighted by molar-refractivity contribution is 7.98. The van der Waals surface area contributed by atoms with Gasteiger partial charge in [-0.2, -0.15) is 0 Å². The number of thioether (sulfide) groups is 1. The van der Waals surface area contributed by atoms with Gasteiger partial charge in [0.1, 0.15) is 11.0 Å². The first-order valence-corrected chi connectivity index (χ1v) is 7.52. The molecule has 1 aliphatic heterocycles. The second-order valence-corrected chi connectivity index (χ2v) is 6.05. The summed E-state index contributed by atoms with van der Waals surface area (Å²) in [4.78, 5) is 11.0. The Bertz CT molecular complexity index is 389. The van der Waals surface area contributed by atoms with Gasteiger partial charge in [-0.05, 0) is 24.5 Å². The Morgan fingerprint density at radius 1 is 1.29 bits per heavy atom. The van der Waals surface area contributed by atoms with Crippen LogP contribution in [0, 0.1) is 11.8 Å². The van der Waals surface area contributed by atoms with E-state index in [9.17, 15) is 0 Å². The first-order valence-electron chi connectivity index (χ1n) is 5.92. The summed E-state index contributed by atoms with van der Waals surface area (Å²) < 4.78 is 0. The molecule has 1 aromatic heterocycles. The Hall–Kier alpha value is -0.480. The lowest BCUT2D eigenvalue weighted by molar-refractivity contribution is 0.355. The van der Waals surface area contributed by atoms with Crippen LogP contribution in [0.2, 0.25) is 5.15 Å². The van der Waals surface area contributed by atoms with E-state index in [0.717, 1.165) is 24.1 Å². The zero-order valence-electron chi connectivity index (χ0n) is 10.5. The monoisotopic (exact) mass is 271 g/mol. The summed E-state index contributed by atoms with van der Waals surface area (Å²) in [5.41, 5.74) is 0. The fourth-order valence-electron chi connectivity index (χ4n) is 2.49. The van der Waals surface area contributed by atoms with E-state index in [1.807, 2.05) is 12.3 Å². The Labute approximate surface area is 112 Å². The Morgan fingerprint density at radius 3 is 2.53 bits per heavy atom. The number of hydrogen-bond donors (Lipinski definition) is 0. The molecule has 0 saturated carbocycles. The molecule has 0 aliphatic carbocycles. The van der Waals surface area contributed by atoms with Crippen molar-refractivity contribution in [3.63, 3.8) is 0 Å². The van der Waals surface area contributed by atoms with Crippen molar-refractivity contribution in [1.82, 2.24) is 9.97 Å². The van der Waals surface area contributed by atoms with E-state index in [0.29, 0.717) is 17.0 Å². The van der Waals surface area contributed by atoms with Gasteiger partial charge in [-0.25, -0.2) is 9.97 Å². The second kappa shape index (κ2) is 5.44. The molecule has 0 aromatic carbocycles. The lowest BCUT2D eigenvalue weighted by Gasteiger charge is -2.35. The minimum atomic E-state index is 0.533. The van der Waals surface area contributed by atoms with Gasteiger partial charge in [0.25, 0.3) is 0 Å². The summed E-state index contributed by atoms with van der Waals surface area (Å²) in [5.74, 6) is 2.39. The number of anilines is 1. The number of aromatic nitrogens is 2. The normalized spacial score (nSPS) is 25.1. The highest BCUT2D eigenvalue weighted by atomic mass is 35.5. The first-order chi connectivity index (χ1) is 8.08. The molecule has 17 heavy (non-hydrogen) atoms. The van der Waals surface area contributed by atoms with Gasteiger partial charge >= 0.3 is 0 Å². The average molecular weight is 272 g/mol. The maximum atomic E-state index is 6.03. The maximum Gasteiger partial charge on any atom is 0.190 e. The molecule has 0 radical (unpaired) electrons. The number of nitrogens with zero attached hydrogens (tertiary/aromatic N) is 3. The van der Waals surface area contributed by atoms with E-state index in [1.54, 1.807) is 0 Å². The Kier molecular flexibility index (Phi) is 4.15. The number of hydrogen-bond acceptors (Lipinski definition) is 4. The van der Waals surface area contributed by atoms with Gasteiger partial charge in [-0.3, -0.25) is 0 Å². The highest BCUT2D eigenvalue weighted by Crippen LogP contribution is 2.27. The minimum Gasteiger partial charge on any atom is -0.356 e. The van der Waals surface area contributed by atoms with Gasteiger partial charge < -0.3 is 4.90 Å². The van der Waals surface area contributed by atoms with Crippen molar-refractivity contribution in [2.45, 2.75) is 25.4 Å². The summed E-state index contributed by atoms with van der Waals surface area (Å²) in [7, 11) is 0. The van der Waals surface area contributed by atoms with Crippen LogP contribution in [0.5, 0.6) is 0 Å². The highest BCUT2D eigenvalue weighted by Gasteiger charge is 2.23. The molecule has 1 saturated heterocycles. The number of halogens is 1. The SMILES string of the molecule is CSc1nc(Cl)cc(N2CC(C)CC(C)C2)n1. The summed E-state index contributed by atoms with van der Waals surface area (Å²) in [6.07, 6.45) is 3.27. The fraction of sp³-hybridized carbons (Fsp3) is 0.667. The van der Waals surface area contributed by atoms with E-state index in [1.165, 1.54) is 18.2 Å². The van der Waals surface area contributed by atoms with Crippen molar-refractivity contribution < 1.29 is 0 Å². The third kappa shape index (κ3) is 3.26. The molecule has 2 rings (SSSR count). The maximum absolute atomic E-state index is 6.03. The topological polar surface area (TPSA) is 29.0 Å². The zero-order chi connectivity index (χ0) is 12.4. The molecule has 2 atom stereocenters. The molecule has 3 nitrogen and oxygen atoms in total. The molecule has 0 N–H and O–H groups in total. The second-order valence-electron chi connectivity index (χ2n) is 4.89. The van der Waals surface area contributed by atoms with Crippen LogP contribution in [0.1, 0.15) is 20.3 Å². The van der Waals surface area contributed by atoms with Crippen molar-refractivity contribution in [2.75, 3.05) is 24.2 Å². The molecule has 0 bridgehead atoms. The largest absolute Gasteiger partial charge is 0.356 e. The van der Waals surface area contributed by atoms with Crippen LogP contribution in [0.25, 0.3) is 0 Å². The quantitative estimate of drug-likeness (QED) is 0.469. The summed E-state index contributed by atoms with van der Waals surface area (Å²) >= 11 is 7.56. The van der Waals surface area contributed by atoms with E-state index in [4.69, 9.17) is 11.6 Å². The molecular weight excluding hydrogens is 254 g/mol. The molecule has 0 amide bonds. The molecule has 1 fully saturated rings. The van der Waals surface area contributed by atoms with Crippen LogP contribution in [-0.2, 0) is 0 Å². The standard InChI is InChI=1S/C12H18ClN3S/c1-8-4-9(2)7-16(6-8)11-5-10(13)14-12(15-11)17-3/h5,8-9H,4,6-7H2,1-3H3. The van der Waals surface area contributed by atoms with E-state index in [-0.39, 0.29) is 0 Å². The zero-order valence-corrected chi connectivity index (χ0v) is 12.1. The van der Waals surface area contributed by atoms with E-state index in [2.05, 4.69) is 28.7 Å². The Balaban J connectivity index is 2.23. The van der Waals surface area contributed by atoms with Crippen molar-refractivity contribution in [3.05, 3.63) is 11.2 Å². The van der Waals surface area contributed by atoms with Gasteiger partial charge in [0.2, 0.25) is 0 Å². The fourth-order valence-corrected chi connectivity index (χ4v) is 3.09. The summed E-state index contributed by atoms with van der Waals surface area (Å²) in [5, 5.41) is 1.28. The van der Waals surface area contributed by atoms with Crippen molar-refractivity contribution in [2.24, 2.45) is 11.8 Å². The van der Waals surface area contributed by atoms with Crippen LogP contribution in [0.3, 0.4) is 0 Å². The smallest absolute Gasteiger partial charge is 0.190 e. The summed E-state index contributed by atoms with van der Waals surface area (Å²) in [6.45, 7) is 6.71. The predicted molar refractivity (Wildman–Crippen MR) is 74.0 cm³/mol. The molecule has 2 unspecified atom stereocenters. The lowest BCUT2D eigenvalue weighted by atomic mass is 9.92. The molecule has 0 spiro atoms. The van der Waals surface area contributed by atoms with Gasteiger partial charge in [0, 0.05) is 19.2 Å². The molecule has 94 valence electrons. The van der Waals surface area contributed by atoms with Crippen LogP contribution >= 0.6 is 23.4 Å². The molecule has 1 aromatic rings. The van der Waals surface area contributed by atoms with E-state index >= 15 is 0 Å². The average Bonchev–Trinajstić information content (AvgIpc) is 2.26. The van der Waals surface area contributed by atoms with Crippen LogP contribution < -0.4 is 4.90 Å². The van der Waals surface area contributed by atoms with Gasteiger partial charge in [0.15, 0.2) is 5.16 Å². The Morgan fingerprint density at radius 2 is 1.94 bits per heavy atom. The van der Waals surface area contributed by atoms with Crippen LogP contribution in [0.15, 0.2) is 11.2 Å². The van der Waals surface area contributed by atoms with Crippen molar-refractivity contribution in [3.8, 4) is 0 Å². The molecule has 1 aliphatic rings. The molecule has 2 heterocycles.